The Balaban J connectivity index is 1.74. The molecule has 6 heteroatoms. The lowest BCUT2D eigenvalue weighted by Crippen LogP contribution is -2.44. The molecule has 0 spiro atoms. The number of amides is 1. The third kappa shape index (κ3) is 4.58. The summed E-state index contributed by atoms with van der Waals surface area (Å²) < 4.78 is 18.4. The van der Waals surface area contributed by atoms with Crippen molar-refractivity contribution in [1.82, 2.24) is 9.80 Å². The van der Waals surface area contributed by atoms with Crippen LogP contribution in [0.25, 0.3) is 0 Å². The van der Waals surface area contributed by atoms with Gasteiger partial charge in [-0.2, -0.15) is 0 Å². The van der Waals surface area contributed by atoms with Crippen LogP contribution >= 0.6 is 11.6 Å². The van der Waals surface area contributed by atoms with E-state index in [1.54, 1.807) is 0 Å². The Bertz CT molecular complexity index is 517. The number of hydrogen-bond acceptors (Lipinski definition) is 3. The van der Waals surface area contributed by atoms with Gasteiger partial charge in [0.05, 0.1) is 18.1 Å². The largest absolute Gasteiger partial charge is 0.491 e. The first kappa shape index (κ1) is 17.0. The van der Waals surface area contributed by atoms with E-state index in [1.807, 2.05) is 4.90 Å². The molecule has 122 valence electrons. The molecule has 1 aliphatic rings. The Morgan fingerprint density at radius 1 is 1.41 bits per heavy atom. The van der Waals surface area contributed by atoms with Gasteiger partial charge in [-0.15, -0.1) is 0 Å². The lowest BCUT2D eigenvalue weighted by Gasteiger charge is -2.35. The van der Waals surface area contributed by atoms with Crippen LogP contribution in [0.15, 0.2) is 18.2 Å². The number of benzene rings is 1. The number of likely N-dealkylation sites (tertiary alicyclic amines) is 1. The minimum atomic E-state index is -0.405. The summed E-state index contributed by atoms with van der Waals surface area (Å²) in [5, 5.41) is 0.222. The van der Waals surface area contributed by atoms with E-state index in [0.717, 1.165) is 25.9 Å². The molecule has 1 heterocycles. The molecule has 0 radical (unpaired) electrons. The molecule has 22 heavy (non-hydrogen) atoms. The fraction of sp³-hybridized carbons (Fsp3) is 0.562. The van der Waals surface area contributed by atoms with Crippen LogP contribution < -0.4 is 4.74 Å². The topological polar surface area (TPSA) is 32.8 Å². The Morgan fingerprint density at radius 2 is 2.09 bits per heavy atom. The Hall–Kier alpha value is -1.33. The van der Waals surface area contributed by atoms with Crippen LogP contribution in [0.3, 0.4) is 0 Å². The van der Waals surface area contributed by atoms with Gasteiger partial charge in [0.25, 0.3) is 0 Å². The zero-order valence-corrected chi connectivity index (χ0v) is 13.8. The summed E-state index contributed by atoms with van der Waals surface area (Å²) in [7, 11) is 4.14. The minimum Gasteiger partial charge on any atom is -0.491 e. The Labute approximate surface area is 135 Å². The second kappa shape index (κ2) is 7.79. The predicted octanol–water partition coefficient (Wildman–Crippen LogP) is 2.80. The monoisotopic (exact) mass is 328 g/mol. The fourth-order valence-electron chi connectivity index (χ4n) is 2.63. The van der Waals surface area contributed by atoms with Gasteiger partial charge in [-0.3, -0.25) is 4.79 Å². The van der Waals surface area contributed by atoms with Crippen molar-refractivity contribution in [2.45, 2.75) is 25.3 Å². The highest BCUT2D eigenvalue weighted by atomic mass is 35.5. The van der Waals surface area contributed by atoms with Crippen LogP contribution in [0.4, 0.5) is 4.39 Å². The second-order valence-electron chi connectivity index (χ2n) is 5.75. The SMILES string of the molecule is CN(C)C1CCN(C(=O)CCOc2ccc(F)cc2Cl)CC1. The maximum Gasteiger partial charge on any atom is 0.225 e. The van der Waals surface area contributed by atoms with E-state index in [9.17, 15) is 9.18 Å². The molecule has 1 aromatic rings. The quantitative estimate of drug-likeness (QED) is 0.833. The first-order chi connectivity index (χ1) is 10.5. The molecule has 2 rings (SSSR count). The van der Waals surface area contributed by atoms with Crippen molar-refractivity contribution in [2.75, 3.05) is 33.8 Å². The molecule has 4 nitrogen and oxygen atoms in total. The van der Waals surface area contributed by atoms with Crippen molar-refractivity contribution >= 4 is 17.5 Å². The number of halogens is 2. The molecule has 0 atom stereocenters. The first-order valence-corrected chi connectivity index (χ1v) is 7.87. The van der Waals surface area contributed by atoms with Gasteiger partial charge in [0.2, 0.25) is 5.91 Å². The van der Waals surface area contributed by atoms with E-state index < -0.39 is 5.82 Å². The van der Waals surface area contributed by atoms with E-state index in [1.165, 1.54) is 18.2 Å². The van der Waals surface area contributed by atoms with E-state index in [2.05, 4.69) is 19.0 Å². The van der Waals surface area contributed by atoms with Gasteiger partial charge in [0.15, 0.2) is 0 Å². The van der Waals surface area contributed by atoms with Gasteiger partial charge in [0, 0.05) is 19.1 Å². The average Bonchev–Trinajstić information content (AvgIpc) is 2.49. The van der Waals surface area contributed by atoms with Crippen LogP contribution in [0.2, 0.25) is 5.02 Å². The highest BCUT2D eigenvalue weighted by Gasteiger charge is 2.23. The normalized spacial score (nSPS) is 16.1. The lowest BCUT2D eigenvalue weighted by atomic mass is 10.0. The molecular formula is C16H22ClFN2O2. The van der Waals surface area contributed by atoms with Gasteiger partial charge in [-0.1, -0.05) is 11.6 Å². The van der Waals surface area contributed by atoms with Crippen molar-refractivity contribution in [3.63, 3.8) is 0 Å². The van der Waals surface area contributed by atoms with E-state index in [-0.39, 0.29) is 17.5 Å². The van der Waals surface area contributed by atoms with Crippen LogP contribution in [0.1, 0.15) is 19.3 Å². The average molecular weight is 329 g/mol. The summed E-state index contributed by atoms with van der Waals surface area (Å²) in [6.45, 7) is 1.83. The highest BCUT2D eigenvalue weighted by molar-refractivity contribution is 6.32. The minimum absolute atomic E-state index is 0.0930. The Kier molecular flexibility index (Phi) is 6.03. The van der Waals surface area contributed by atoms with Crippen LogP contribution in [0.5, 0.6) is 5.75 Å². The number of nitrogens with zero attached hydrogens (tertiary/aromatic N) is 2. The molecule has 1 amide bonds. The predicted molar refractivity (Wildman–Crippen MR) is 84.8 cm³/mol. The van der Waals surface area contributed by atoms with Crippen molar-refractivity contribution in [2.24, 2.45) is 0 Å². The lowest BCUT2D eigenvalue weighted by molar-refractivity contribution is -0.133. The van der Waals surface area contributed by atoms with Gasteiger partial charge in [-0.05, 0) is 45.1 Å². The smallest absolute Gasteiger partial charge is 0.225 e. The van der Waals surface area contributed by atoms with Crippen molar-refractivity contribution in [1.29, 1.82) is 0 Å². The van der Waals surface area contributed by atoms with E-state index >= 15 is 0 Å². The number of piperidine rings is 1. The van der Waals surface area contributed by atoms with Crippen molar-refractivity contribution in [3.8, 4) is 5.75 Å². The molecule has 1 aliphatic heterocycles. The van der Waals surface area contributed by atoms with Crippen LogP contribution in [-0.4, -0.2) is 55.5 Å². The van der Waals surface area contributed by atoms with Crippen LogP contribution in [0, 0.1) is 5.82 Å². The molecule has 1 aromatic carbocycles. The molecule has 0 unspecified atom stereocenters. The first-order valence-electron chi connectivity index (χ1n) is 7.49. The molecule has 1 fully saturated rings. The van der Waals surface area contributed by atoms with Crippen molar-refractivity contribution < 1.29 is 13.9 Å². The fourth-order valence-corrected chi connectivity index (χ4v) is 2.85. The summed E-state index contributed by atoms with van der Waals surface area (Å²) >= 11 is 5.87. The second-order valence-corrected chi connectivity index (χ2v) is 6.16. The maximum absolute atomic E-state index is 12.9. The number of rotatable bonds is 5. The van der Waals surface area contributed by atoms with E-state index in [4.69, 9.17) is 16.3 Å². The highest BCUT2D eigenvalue weighted by Crippen LogP contribution is 2.25. The van der Waals surface area contributed by atoms with Crippen molar-refractivity contribution in [3.05, 3.63) is 29.0 Å². The number of ether oxygens (including phenoxy) is 1. The molecule has 0 aliphatic carbocycles. The maximum atomic E-state index is 12.9. The summed E-state index contributed by atoms with van der Waals surface area (Å²) in [4.78, 5) is 16.2. The summed E-state index contributed by atoms with van der Waals surface area (Å²) in [6, 6.07) is 4.52. The zero-order chi connectivity index (χ0) is 16.1. The molecule has 0 bridgehead atoms. The van der Waals surface area contributed by atoms with Gasteiger partial charge < -0.3 is 14.5 Å². The summed E-state index contributed by atoms with van der Waals surface area (Å²) in [5.41, 5.74) is 0. The molecule has 0 aromatic heterocycles. The number of hydrogen-bond donors (Lipinski definition) is 0. The third-order valence-electron chi connectivity index (χ3n) is 4.01. The number of carbonyl (C=O) groups excluding carboxylic acids is 1. The van der Waals surface area contributed by atoms with Crippen LogP contribution in [-0.2, 0) is 4.79 Å². The summed E-state index contributed by atoms with van der Waals surface area (Å²) in [6.07, 6.45) is 2.31. The standard InChI is InChI=1S/C16H22ClFN2O2/c1-19(2)13-5-8-20(9-6-13)16(21)7-10-22-15-4-3-12(18)11-14(15)17/h3-4,11,13H,5-10H2,1-2H3. The van der Waals surface area contributed by atoms with Gasteiger partial charge >= 0.3 is 0 Å². The number of carbonyl (C=O) groups is 1. The molecule has 1 saturated heterocycles. The van der Waals surface area contributed by atoms with E-state index in [0.29, 0.717) is 18.2 Å². The van der Waals surface area contributed by atoms with Gasteiger partial charge in [0.1, 0.15) is 11.6 Å². The Morgan fingerprint density at radius 3 is 2.68 bits per heavy atom. The summed E-state index contributed by atoms with van der Waals surface area (Å²) in [5.74, 6) is 0.0924. The third-order valence-corrected chi connectivity index (χ3v) is 4.31. The van der Waals surface area contributed by atoms with Gasteiger partial charge in [-0.25, -0.2) is 4.39 Å². The molecular weight excluding hydrogens is 307 g/mol. The zero-order valence-electron chi connectivity index (χ0n) is 13.0. The molecule has 0 saturated carbocycles. The molecule has 0 N–H and O–H groups in total.